The first-order valence-electron chi connectivity index (χ1n) is 18.7. The lowest BCUT2D eigenvalue weighted by Gasteiger charge is -2.29. The van der Waals surface area contributed by atoms with Gasteiger partial charge in [0.1, 0.15) is 28.7 Å². The van der Waals surface area contributed by atoms with Crippen LogP contribution in [0.3, 0.4) is 0 Å². The third-order valence-corrected chi connectivity index (χ3v) is 10.9. The Labute approximate surface area is 331 Å². The van der Waals surface area contributed by atoms with Crippen molar-refractivity contribution in [2.24, 2.45) is 11.8 Å². The van der Waals surface area contributed by atoms with Crippen LogP contribution in [0.25, 0.3) is 10.7 Å². The Morgan fingerprint density at radius 1 is 0.842 bits per heavy atom. The van der Waals surface area contributed by atoms with Crippen molar-refractivity contribution in [2.75, 3.05) is 53.6 Å². The van der Waals surface area contributed by atoms with E-state index in [1.165, 1.54) is 29.9 Å². The maximum Gasteiger partial charge on any atom is 0.274 e. The summed E-state index contributed by atoms with van der Waals surface area (Å²) >= 11 is 1.45. The molecule has 3 fully saturated rings. The molecule has 3 aliphatic rings. The molecule has 1 saturated carbocycles. The maximum absolute atomic E-state index is 13.4. The number of aryl methyl sites for hydroxylation is 1. The van der Waals surface area contributed by atoms with E-state index in [1.807, 2.05) is 30.0 Å². The van der Waals surface area contributed by atoms with E-state index in [-0.39, 0.29) is 41.1 Å². The summed E-state index contributed by atoms with van der Waals surface area (Å²) < 4.78 is 0. The normalized spacial score (nSPS) is 18.9. The van der Waals surface area contributed by atoms with Gasteiger partial charge in [-0.2, -0.15) is 10.5 Å². The zero-order chi connectivity index (χ0) is 39.1. The Morgan fingerprint density at radius 2 is 1.65 bits per heavy atom. The van der Waals surface area contributed by atoms with Crippen molar-refractivity contribution in [3.8, 4) is 22.8 Å². The molecule has 5 aromatic rings. The standard InChI is InChI=1S/C36H39N19OS/c1-20-49-54-36(57-20)34-27(42-13-21-5-6-39-12-21)9-31(51-53-34)55(32-19-41-25(11-38)17-46-32)30-7-22(15-45-30)14-43-26-8-28(48-29-18-40-24(10-37)16-44-29)50-52-33(26)35(56)47-23-3-2-4-23/h8-9,16-19,21-23,30,39,45H,2-7,12-15H2,1H3,(H,42,51)(H,47,56)(H2,43,44,48,50). The van der Waals surface area contributed by atoms with Gasteiger partial charge in [0.2, 0.25) is 0 Å². The minimum atomic E-state index is -0.299. The van der Waals surface area contributed by atoms with Crippen LogP contribution in [0.4, 0.5) is 34.6 Å². The van der Waals surface area contributed by atoms with Crippen LogP contribution < -0.4 is 36.8 Å². The average molecular weight is 786 g/mol. The number of carbonyl (C=O) groups excluding carboxylic acids is 1. The topological polar surface area (TPSA) is 269 Å². The van der Waals surface area contributed by atoms with Crippen LogP contribution in [0.1, 0.15) is 59.0 Å². The third-order valence-electron chi connectivity index (χ3n) is 10.1. The fourth-order valence-electron chi connectivity index (χ4n) is 6.80. The maximum atomic E-state index is 13.4. The van der Waals surface area contributed by atoms with Crippen molar-refractivity contribution in [1.29, 1.82) is 10.5 Å². The summed E-state index contributed by atoms with van der Waals surface area (Å²) in [5.74, 6) is 2.01. The van der Waals surface area contributed by atoms with E-state index < -0.39 is 0 Å². The Morgan fingerprint density at radius 3 is 2.33 bits per heavy atom. The summed E-state index contributed by atoms with van der Waals surface area (Å²) in [6, 6.07) is 7.78. The molecular weight excluding hydrogens is 747 g/mol. The lowest BCUT2D eigenvalue weighted by molar-refractivity contribution is 0.0911. The largest absolute Gasteiger partial charge is 0.383 e. The molecule has 2 aliphatic heterocycles. The quantitative estimate of drug-likeness (QED) is 0.0944. The third kappa shape index (κ3) is 8.80. The fourth-order valence-corrected chi connectivity index (χ4v) is 7.49. The van der Waals surface area contributed by atoms with Crippen LogP contribution in [0.2, 0.25) is 0 Å². The molecule has 21 heteroatoms. The molecule has 7 heterocycles. The zero-order valence-corrected chi connectivity index (χ0v) is 31.8. The molecule has 0 radical (unpaired) electrons. The van der Waals surface area contributed by atoms with E-state index >= 15 is 0 Å². The van der Waals surface area contributed by atoms with Crippen molar-refractivity contribution >= 4 is 51.9 Å². The lowest BCUT2D eigenvalue weighted by atomic mass is 9.93. The summed E-state index contributed by atoms with van der Waals surface area (Å²) in [5.41, 5.74) is 2.47. The van der Waals surface area contributed by atoms with Gasteiger partial charge in [0.25, 0.3) is 5.91 Å². The van der Waals surface area contributed by atoms with Gasteiger partial charge in [0.05, 0.1) is 42.3 Å². The molecule has 3 unspecified atom stereocenters. The molecule has 290 valence electrons. The highest BCUT2D eigenvalue weighted by molar-refractivity contribution is 7.14. The van der Waals surface area contributed by atoms with E-state index in [4.69, 9.17) is 5.26 Å². The highest BCUT2D eigenvalue weighted by Gasteiger charge is 2.33. The first kappa shape index (κ1) is 37.4. The number of nitrogens with one attached hydrogen (secondary N) is 6. The van der Waals surface area contributed by atoms with Gasteiger partial charge in [0, 0.05) is 37.8 Å². The van der Waals surface area contributed by atoms with Gasteiger partial charge in [-0.25, -0.2) is 19.9 Å². The van der Waals surface area contributed by atoms with Crippen LogP contribution in [-0.4, -0.2) is 101 Å². The summed E-state index contributed by atoms with van der Waals surface area (Å²) in [4.78, 5) is 32.5. The average Bonchev–Trinajstić information content (AvgIpc) is 4.02. The molecule has 0 spiro atoms. The Balaban J connectivity index is 1.04. The molecule has 57 heavy (non-hydrogen) atoms. The Kier molecular flexibility index (Phi) is 11.2. The second-order valence-corrected chi connectivity index (χ2v) is 15.3. The number of carbonyl (C=O) groups is 1. The van der Waals surface area contributed by atoms with Gasteiger partial charge in [-0.1, -0.05) is 11.3 Å². The first-order chi connectivity index (χ1) is 27.9. The summed E-state index contributed by atoms with van der Waals surface area (Å²) in [5, 5.41) is 66.7. The smallest absolute Gasteiger partial charge is 0.274 e. The van der Waals surface area contributed by atoms with Crippen molar-refractivity contribution in [2.45, 2.75) is 51.2 Å². The number of anilines is 6. The highest BCUT2D eigenvalue weighted by Crippen LogP contribution is 2.35. The van der Waals surface area contributed by atoms with Gasteiger partial charge in [-0.3, -0.25) is 15.0 Å². The number of rotatable bonds is 14. The predicted molar refractivity (Wildman–Crippen MR) is 210 cm³/mol. The molecule has 3 atom stereocenters. The second kappa shape index (κ2) is 17.1. The van der Waals surface area contributed by atoms with E-state index in [0.717, 1.165) is 56.0 Å². The van der Waals surface area contributed by atoms with Crippen molar-refractivity contribution in [3.05, 3.63) is 59.0 Å². The number of hydrogen-bond acceptors (Lipinski definition) is 20. The monoisotopic (exact) mass is 785 g/mol. The minimum Gasteiger partial charge on any atom is -0.383 e. The molecule has 0 bridgehead atoms. The van der Waals surface area contributed by atoms with E-state index in [2.05, 4.69) is 82.4 Å². The van der Waals surface area contributed by atoms with Crippen LogP contribution in [0, 0.1) is 41.4 Å². The summed E-state index contributed by atoms with van der Waals surface area (Å²) in [6.07, 6.45) is 10.2. The van der Waals surface area contributed by atoms with Crippen LogP contribution in [-0.2, 0) is 0 Å². The number of amides is 1. The van der Waals surface area contributed by atoms with E-state index in [0.29, 0.717) is 65.1 Å². The predicted octanol–water partition coefficient (Wildman–Crippen LogP) is 2.65. The van der Waals surface area contributed by atoms with Gasteiger partial charge >= 0.3 is 0 Å². The number of nitriles is 2. The SMILES string of the molecule is Cc1nnc(-c2nnc(N(c3cnc(C#N)cn3)C3CC(CNc4cc(Nc5cnc(C#N)cn5)nnc4C(=O)NC4CCC4)CN3)cc2NCC2CCNC2)s1. The number of hydrogen-bond donors (Lipinski definition) is 6. The Bertz CT molecular complexity index is 2280. The van der Waals surface area contributed by atoms with Gasteiger partial charge in [-0.15, -0.1) is 30.6 Å². The van der Waals surface area contributed by atoms with Crippen LogP contribution in [0.5, 0.6) is 0 Å². The van der Waals surface area contributed by atoms with Crippen molar-refractivity contribution in [1.82, 2.24) is 66.5 Å². The lowest BCUT2D eigenvalue weighted by Crippen LogP contribution is -2.40. The van der Waals surface area contributed by atoms with Crippen molar-refractivity contribution in [3.63, 3.8) is 0 Å². The van der Waals surface area contributed by atoms with Gasteiger partial charge < -0.3 is 26.6 Å². The summed E-state index contributed by atoms with van der Waals surface area (Å²) in [6.45, 7) is 5.69. The van der Waals surface area contributed by atoms with Crippen molar-refractivity contribution < 1.29 is 4.79 Å². The van der Waals surface area contributed by atoms with E-state index in [9.17, 15) is 10.1 Å². The molecule has 1 aliphatic carbocycles. The molecule has 8 rings (SSSR count). The molecule has 20 nitrogen and oxygen atoms in total. The van der Waals surface area contributed by atoms with Gasteiger partial charge in [-0.05, 0) is 64.0 Å². The fraction of sp³-hybridized carbons (Fsp3) is 0.417. The Hall–Kier alpha value is -6.55. The molecule has 5 aromatic heterocycles. The minimum absolute atomic E-state index is 0.0874. The number of nitrogens with zero attached hydrogens (tertiary/aromatic N) is 13. The molecule has 1 amide bonds. The first-order valence-corrected chi connectivity index (χ1v) is 19.5. The van der Waals surface area contributed by atoms with Crippen LogP contribution in [0.15, 0.2) is 36.9 Å². The molecular formula is C36H39N19OS. The molecule has 0 aromatic carbocycles. The van der Waals surface area contributed by atoms with Crippen LogP contribution >= 0.6 is 11.3 Å². The highest BCUT2D eigenvalue weighted by atomic mass is 32.1. The second-order valence-electron chi connectivity index (χ2n) is 14.1. The number of aromatic nitrogens is 10. The van der Waals surface area contributed by atoms with E-state index in [1.54, 1.807) is 12.3 Å². The molecule has 6 N–H and O–H groups in total. The van der Waals surface area contributed by atoms with Gasteiger partial charge in [0.15, 0.2) is 39.5 Å². The summed E-state index contributed by atoms with van der Waals surface area (Å²) in [7, 11) is 0. The molecule has 2 saturated heterocycles. The zero-order valence-electron chi connectivity index (χ0n) is 31.0.